The van der Waals surface area contributed by atoms with Gasteiger partial charge in [0.05, 0.1) is 25.4 Å². The summed E-state index contributed by atoms with van der Waals surface area (Å²) in [5, 5.41) is 0. The molecule has 0 radical (unpaired) electrons. The maximum Gasteiger partial charge on any atom is 0.157 e. The fourth-order valence-corrected chi connectivity index (χ4v) is 10.2. The zero-order valence-electron chi connectivity index (χ0n) is 34.5. The molecule has 0 bridgehead atoms. The second-order valence-corrected chi connectivity index (χ2v) is 18.1. The van der Waals surface area contributed by atoms with E-state index >= 15 is 0 Å². The van der Waals surface area contributed by atoms with Crippen molar-refractivity contribution in [2.24, 2.45) is 23.7 Å². The van der Waals surface area contributed by atoms with Gasteiger partial charge < -0.3 is 18.9 Å². The molecule has 2 aliphatic carbocycles. The number of hydrogen-bond acceptors (Lipinski definition) is 4. The van der Waals surface area contributed by atoms with Crippen LogP contribution >= 0.6 is 0 Å². The first kappa shape index (κ1) is 42.2. The quantitative estimate of drug-likeness (QED) is 0.112. The second-order valence-electron chi connectivity index (χ2n) is 18.1. The lowest BCUT2D eigenvalue weighted by Crippen LogP contribution is -2.38. The molecule has 0 spiro atoms. The smallest absolute Gasteiger partial charge is 0.157 e. The van der Waals surface area contributed by atoms with Gasteiger partial charge in [-0.25, -0.2) is 0 Å². The standard InChI is InChI=1S/C48H82O4/c1-5-7-9-11-13-15-17-45-35-49-47(51-37(45)3)33-23-39-19-25-41(26-20-39)43-29-31-44(32-30-43)42-27-21-40(22-28-42)24-34-48-50-36-46(38(4)52-48)18-16-14-12-10-8-6-2/h29-32,37-42,45-48H,5-28,33-36H2,1-4H3. The molecular weight excluding hydrogens is 641 g/mol. The van der Waals surface area contributed by atoms with Gasteiger partial charge in [0.15, 0.2) is 12.6 Å². The Labute approximate surface area is 321 Å². The summed E-state index contributed by atoms with van der Waals surface area (Å²) in [4.78, 5) is 0. The molecule has 4 nitrogen and oxygen atoms in total. The Morgan fingerprint density at radius 2 is 0.808 bits per heavy atom. The van der Waals surface area contributed by atoms with Crippen molar-refractivity contribution in [3.8, 4) is 0 Å². The third-order valence-electron chi connectivity index (χ3n) is 14.1. The number of unbranched alkanes of at least 4 members (excludes halogenated alkanes) is 10. The number of hydrogen-bond donors (Lipinski definition) is 0. The van der Waals surface area contributed by atoms with Crippen molar-refractivity contribution in [2.45, 2.75) is 231 Å². The maximum absolute atomic E-state index is 6.37. The minimum atomic E-state index is 0.0207. The molecule has 5 rings (SSSR count). The summed E-state index contributed by atoms with van der Waals surface area (Å²) >= 11 is 0. The van der Waals surface area contributed by atoms with Gasteiger partial charge in [0.25, 0.3) is 0 Å². The van der Waals surface area contributed by atoms with Crippen molar-refractivity contribution in [3.63, 3.8) is 0 Å². The van der Waals surface area contributed by atoms with Crippen molar-refractivity contribution in [2.75, 3.05) is 13.2 Å². The molecule has 52 heavy (non-hydrogen) atoms. The fraction of sp³-hybridized carbons (Fsp3) is 0.875. The molecular formula is C48H82O4. The average molecular weight is 723 g/mol. The Balaban J connectivity index is 0.904. The monoisotopic (exact) mass is 723 g/mol. The summed E-state index contributed by atoms with van der Waals surface area (Å²) in [6.45, 7) is 11.0. The van der Waals surface area contributed by atoms with E-state index in [4.69, 9.17) is 18.9 Å². The van der Waals surface area contributed by atoms with Crippen LogP contribution in [0.15, 0.2) is 24.3 Å². The van der Waals surface area contributed by atoms with Crippen LogP contribution in [0.2, 0.25) is 0 Å². The van der Waals surface area contributed by atoms with E-state index in [0.29, 0.717) is 24.0 Å². The van der Waals surface area contributed by atoms with E-state index in [2.05, 4.69) is 52.0 Å². The minimum Gasteiger partial charge on any atom is -0.352 e. The summed E-state index contributed by atoms with van der Waals surface area (Å²) < 4.78 is 25.2. The normalized spacial score (nSPS) is 32.9. The van der Waals surface area contributed by atoms with Gasteiger partial charge in [-0.3, -0.25) is 0 Å². The van der Waals surface area contributed by atoms with Crippen molar-refractivity contribution in [1.29, 1.82) is 0 Å². The van der Waals surface area contributed by atoms with Crippen molar-refractivity contribution in [3.05, 3.63) is 35.4 Å². The highest BCUT2D eigenvalue weighted by Crippen LogP contribution is 2.41. The van der Waals surface area contributed by atoms with Crippen LogP contribution in [-0.4, -0.2) is 38.0 Å². The average Bonchev–Trinajstić information content (AvgIpc) is 3.17. The molecule has 2 saturated heterocycles. The van der Waals surface area contributed by atoms with E-state index < -0.39 is 0 Å². The van der Waals surface area contributed by atoms with Gasteiger partial charge in [-0.1, -0.05) is 115 Å². The van der Waals surface area contributed by atoms with Gasteiger partial charge in [-0.05, 0) is 139 Å². The molecule has 2 saturated carbocycles. The van der Waals surface area contributed by atoms with Crippen LogP contribution in [0, 0.1) is 23.7 Å². The van der Waals surface area contributed by atoms with Gasteiger partial charge in [0, 0.05) is 11.8 Å². The molecule has 6 atom stereocenters. The highest BCUT2D eigenvalue weighted by molar-refractivity contribution is 5.28. The first-order chi connectivity index (χ1) is 25.5. The summed E-state index contributed by atoms with van der Waals surface area (Å²) in [6, 6.07) is 9.94. The lowest BCUT2D eigenvalue weighted by atomic mass is 9.75. The molecule has 6 unspecified atom stereocenters. The van der Waals surface area contributed by atoms with Crippen LogP contribution in [0.25, 0.3) is 0 Å². The van der Waals surface area contributed by atoms with E-state index in [0.717, 1.165) is 49.7 Å². The fourth-order valence-electron chi connectivity index (χ4n) is 10.2. The summed E-state index contributed by atoms with van der Waals surface area (Å²) in [7, 11) is 0. The van der Waals surface area contributed by atoms with Crippen LogP contribution in [0.3, 0.4) is 0 Å². The molecule has 0 amide bonds. The highest BCUT2D eigenvalue weighted by Gasteiger charge is 2.32. The molecule has 4 heteroatoms. The third-order valence-corrected chi connectivity index (χ3v) is 14.1. The van der Waals surface area contributed by atoms with Gasteiger partial charge in [-0.15, -0.1) is 0 Å². The predicted octanol–water partition coefficient (Wildman–Crippen LogP) is 14.1. The van der Waals surface area contributed by atoms with Crippen LogP contribution < -0.4 is 0 Å². The number of ether oxygens (including phenoxy) is 4. The van der Waals surface area contributed by atoms with Crippen LogP contribution in [0.4, 0.5) is 0 Å². The lowest BCUT2D eigenvalue weighted by Gasteiger charge is -2.36. The van der Waals surface area contributed by atoms with Crippen molar-refractivity contribution < 1.29 is 18.9 Å². The molecule has 1 aromatic rings. The Hall–Kier alpha value is -0.940. The Morgan fingerprint density at radius 1 is 0.442 bits per heavy atom. The molecule has 298 valence electrons. The summed E-state index contributed by atoms with van der Waals surface area (Å²) in [5.41, 5.74) is 3.16. The summed E-state index contributed by atoms with van der Waals surface area (Å²) in [5.74, 6) is 4.31. The lowest BCUT2D eigenvalue weighted by molar-refractivity contribution is -0.236. The summed E-state index contributed by atoms with van der Waals surface area (Å²) in [6.07, 6.45) is 35.1. The zero-order chi connectivity index (χ0) is 36.4. The van der Waals surface area contributed by atoms with Crippen LogP contribution in [-0.2, 0) is 18.9 Å². The molecule has 0 N–H and O–H groups in total. The van der Waals surface area contributed by atoms with Crippen LogP contribution in [0.5, 0.6) is 0 Å². The van der Waals surface area contributed by atoms with Gasteiger partial charge in [-0.2, -0.15) is 0 Å². The predicted molar refractivity (Wildman–Crippen MR) is 218 cm³/mol. The molecule has 4 aliphatic rings. The van der Waals surface area contributed by atoms with Gasteiger partial charge in [0.2, 0.25) is 0 Å². The molecule has 4 fully saturated rings. The topological polar surface area (TPSA) is 36.9 Å². The van der Waals surface area contributed by atoms with E-state index in [-0.39, 0.29) is 12.6 Å². The maximum atomic E-state index is 6.37. The Kier molecular flexibility index (Phi) is 19.4. The van der Waals surface area contributed by atoms with Gasteiger partial charge >= 0.3 is 0 Å². The Bertz CT molecular complexity index is 958. The third kappa shape index (κ3) is 14.3. The number of benzene rings is 1. The van der Waals surface area contributed by atoms with E-state index in [9.17, 15) is 0 Å². The molecule has 1 aromatic carbocycles. The largest absolute Gasteiger partial charge is 0.352 e. The SMILES string of the molecule is CCCCCCCCC1COC(CCC2CCC(c3ccc(C4CCC(CCC5OCC(CCCCCCCC)C(C)O5)CC4)cc3)CC2)OC1C. The number of rotatable bonds is 22. The van der Waals surface area contributed by atoms with Crippen molar-refractivity contribution in [1.82, 2.24) is 0 Å². The molecule has 2 heterocycles. The molecule has 2 aliphatic heterocycles. The first-order valence-electron chi connectivity index (χ1n) is 23.2. The van der Waals surface area contributed by atoms with E-state index in [1.165, 1.54) is 154 Å². The van der Waals surface area contributed by atoms with Crippen molar-refractivity contribution >= 4 is 0 Å². The Morgan fingerprint density at radius 3 is 1.17 bits per heavy atom. The highest BCUT2D eigenvalue weighted by atomic mass is 16.7. The van der Waals surface area contributed by atoms with E-state index in [1.54, 1.807) is 11.1 Å². The second kappa shape index (κ2) is 23.9. The minimum absolute atomic E-state index is 0.0207. The first-order valence-corrected chi connectivity index (χ1v) is 23.2. The van der Waals surface area contributed by atoms with Crippen LogP contribution in [0.1, 0.15) is 218 Å². The zero-order valence-corrected chi connectivity index (χ0v) is 34.5. The molecule has 0 aromatic heterocycles. The van der Waals surface area contributed by atoms with E-state index in [1.807, 2.05) is 0 Å². The van der Waals surface area contributed by atoms with Gasteiger partial charge in [0.1, 0.15) is 0 Å².